The zero-order chi connectivity index (χ0) is 32.2. The van der Waals surface area contributed by atoms with Crippen LogP contribution in [0.25, 0.3) is 10.9 Å². The molecular weight excluding hydrogens is 604 g/mol. The zero-order valence-electron chi connectivity index (χ0n) is 24.8. The maximum atomic E-state index is 13.9. The van der Waals surface area contributed by atoms with Crippen LogP contribution in [0, 0.1) is 0 Å². The Balaban J connectivity index is 1.36. The third-order valence-corrected chi connectivity index (χ3v) is 8.12. The van der Waals surface area contributed by atoms with E-state index in [0.717, 1.165) is 29.6 Å². The van der Waals surface area contributed by atoms with E-state index in [-0.39, 0.29) is 26.1 Å². The number of morpholine rings is 1. The monoisotopic (exact) mass is 639 g/mol. The summed E-state index contributed by atoms with van der Waals surface area (Å²) in [6, 6.07) is 7.86. The molecule has 1 atom stereocenters. The maximum Gasteiger partial charge on any atom is 0.417 e. The highest BCUT2D eigenvalue weighted by Gasteiger charge is 2.41. The van der Waals surface area contributed by atoms with Crippen molar-refractivity contribution in [2.45, 2.75) is 31.7 Å². The van der Waals surface area contributed by atoms with Gasteiger partial charge in [0.15, 0.2) is 0 Å². The lowest BCUT2D eigenvalue weighted by molar-refractivity contribution is -0.141. The largest absolute Gasteiger partial charge is 0.417 e. The molecule has 5 rings (SSSR count). The topological polar surface area (TPSA) is 73.4 Å². The van der Waals surface area contributed by atoms with E-state index in [2.05, 4.69) is 15.0 Å². The molecule has 0 radical (unpaired) electrons. The molecule has 0 spiro atoms. The smallest absolute Gasteiger partial charge is 0.394 e. The number of nitrogens with zero attached hydrogens (tertiary/aromatic N) is 4. The molecular formula is C31H35F6N5O3. The van der Waals surface area contributed by atoms with Gasteiger partial charge in [0.2, 0.25) is 0 Å². The van der Waals surface area contributed by atoms with Crippen LogP contribution < -0.4 is 0 Å². The molecule has 1 amide bonds. The molecule has 0 unspecified atom stereocenters. The highest BCUT2D eigenvalue weighted by Crippen LogP contribution is 2.37. The number of H-pyrrole nitrogens is 1. The molecule has 45 heavy (non-hydrogen) atoms. The first kappa shape index (κ1) is 32.8. The number of hydrogen-bond donors (Lipinski definition) is 1. The quantitative estimate of drug-likeness (QED) is 0.149. The van der Waals surface area contributed by atoms with E-state index in [1.54, 1.807) is 13.1 Å². The van der Waals surface area contributed by atoms with E-state index in [0.29, 0.717) is 56.8 Å². The minimum absolute atomic E-state index is 0.0184. The summed E-state index contributed by atoms with van der Waals surface area (Å²) in [5, 5.41) is 5.11. The lowest BCUT2D eigenvalue weighted by Gasteiger charge is -2.42. The van der Waals surface area contributed by atoms with Crippen LogP contribution in [0.15, 0.2) is 53.8 Å². The number of amides is 1. The standard InChI is InChI=1S/C31H35F6N5O3/c1-21(39-45-15-12-40-10-13-44-14-11-40)19-41-8-9-42(24(20-41)16-22-18-38-28-5-3-2-4-25(22)28)29(43)26-17-23(30(32,33)34)6-7-27(26)31(35,36)37/h2-7,17-18,24,38H,8-16,19-20H2,1H3/b39-21+/t24-/m1/s1. The van der Waals surface area contributed by atoms with Gasteiger partial charge < -0.3 is 19.5 Å². The Morgan fingerprint density at radius 1 is 1.00 bits per heavy atom. The van der Waals surface area contributed by atoms with E-state index in [1.165, 1.54) is 4.90 Å². The molecule has 0 saturated carbocycles. The molecule has 2 aromatic carbocycles. The Kier molecular flexibility index (Phi) is 10.0. The van der Waals surface area contributed by atoms with Gasteiger partial charge in [0, 0.05) is 69.0 Å². The summed E-state index contributed by atoms with van der Waals surface area (Å²) in [6.45, 7) is 6.91. The second-order valence-corrected chi connectivity index (χ2v) is 11.3. The number of nitrogens with one attached hydrogen (secondary N) is 1. The summed E-state index contributed by atoms with van der Waals surface area (Å²) in [5.41, 5.74) is -1.35. The fourth-order valence-electron chi connectivity index (χ4n) is 5.86. The number of halogens is 6. The lowest BCUT2D eigenvalue weighted by atomic mass is 9.97. The molecule has 3 heterocycles. The lowest BCUT2D eigenvalue weighted by Crippen LogP contribution is -2.56. The van der Waals surface area contributed by atoms with Gasteiger partial charge in [-0.2, -0.15) is 26.3 Å². The number of carbonyl (C=O) groups is 1. The van der Waals surface area contributed by atoms with Crippen molar-refractivity contribution in [1.29, 1.82) is 0 Å². The summed E-state index contributed by atoms with van der Waals surface area (Å²) in [6.07, 6.45) is -7.87. The van der Waals surface area contributed by atoms with Crippen molar-refractivity contribution >= 4 is 22.5 Å². The maximum absolute atomic E-state index is 13.9. The fourth-order valence-corrected chi connectivity index (χ4v) is 5.86. The molecule has 1 N–H and O–H groups in total. The predicted molar refractivity (Wildman–Crippen MR) is 156 cm³/mol. The number of oxime groups is 1. The molecule has 1 aromatic heterocycles. The highest BCUT2D eigenvalue weighted by molar-refractivity contribution is 5.96. The Hall–Kier alpha value is -3.62. The molecule has 2 saturated heterocycles. The number of alkyl halides is 6. The number of fused-ring (bicyclic) bond motifs is 1. The van der Waals surface area contributed by atoms with Gasteiger partial charge in [-0.1, -0.05) is 23.4 Å². The van der Waals surface area contributed by atoms with E-state index in [1.807, 2.05) is 29.2 Å². The SMILES string of the molecule is C/C(CN1CCN(C(=O)c2cc(C(F)(F)F)ccc2C(F)(F)F)[C@H](Cc2c[nH]c3ccccc23)C1)=N\OCCN1CCOCC1. The van der Waals surface area contributed by atoms with Crippen LogP contribution in [0.2, 0.25) is 0 Å². The van der Waals surface area contributed by atoms with Gasteiger partial charge in [0.05, 0.1) is 35.6 Å². The van der Waals surface area contributed by atoms with Gasteiger partial charge in [0.25, 0.3) is 5.91 Å². The first-order valence-corrected chi connectivity index (χ1v) is 14.7. The number of hydrogen-bond acceptors (Lipinski definition) is 6. The van der Waals surface area contributed by atoms with Crippen LogP contribution in [0.1, 0.15) is 34.0 Å². The van der Waals surface area contributed by atoms with Gasteiger partial charge >= 0.3 is 12.4 Å². The molecule has 0 bridgehead atoms. The third kappa shape index (κ3) is 8.16. The average molecular weight is 640 g/mol. The van der Waals surface area contributed by atoms with E-state index < -0.39 is 41.0 Å². The third-order valence-electron chi connectivity index (χ3n) is 8.12. The molecule has 244 valence electrons. The number of aromatic amines is 1. The molecule has 2 aliphatic rings. The van der Waals surface area contributed by atoms with Gasteiger partial charge in [-0.3, -0.25) is 14.6 Å². The van der Waals surface area contributed by atoms with Crippen LogP contribution >= 0.6 is 0 Å². The number of rotatable bonds is 9. The van der Waals surface area contributed by atoms with Gasteiger partial charge in [-0.25, -0.2) is 0 Å². The number of piperazine rings is 1. The predicted octanol–water partition coefficient (Wildman–Crippen LogP) is 5.30. The summed E-state index contributed by atoms with van der Waals surface area (Å²) in [7, 11) is 0. The fraction of sp³-hybridized carbons (Fsp3) is 0.484. The van der Waals surface area contributed by atoms with Crippen LogP contribution in [0.4, 0.5) is 26.3 Å². The molecule has 2 fully saturated rings. The number of carbonyl (C=O) groups excluding carboxylic acids is 1. The number of benzene rings is 2. The van der Waals surface area contributed by atoms with Crippen molar-refractivity contribution in [2.24, 2.45) is 5.16 Å². The first-order chi connectivity index (χ1) is 21.4. The van der Waals surface area contributed by atoms with Gasteiger partial charge in [0.1, 0.15) is 6.61 Å². The minimum atomic E-state index is -5.02. The zero-order valence-corrected chi connectivity index (χ0v) is 24.8. The second kappa shape index (κ2) is 13.8. The van der Waals surface area contributed by atoms with Crippen molar-refractivity contribution in [3.63, 3.8) is 0 Å². The number of ether oxygens (including phenoxy) is 1. The van der Waals surface area contributed by atoms with Crippen LogP contribution in [0.3, 0.4) is 0 Å². The van der Waals surface area contributed by atoms with Gasteiger partial charge in [-0.15, -0.1) is 0 Å². The molecule has 2 aliphatic heterocycles. The molecule has 3 aromatic rings. The van der Waals surface area contributed by atoms with Gasteiger partial charge in [-0.05, 0) is 43.2 Å². The minimum Gasteiger partial charge on any atom is -0.394 e. The van der Waals surface area contributed by atoms with E-state index in [4.69, 9.17) is 9.57 Å². The Morgan fingerprint density at radius 2 is 1.76 bits per heavy atom. The number of para-hydroxylation sites is 1. The summed E-state index contributed by atoms with van der Waals surface area (Å²) < 4.78 is 87.6. The molecule has 8 nitrogen and oxygen atoms in total. The van der Waals surface area contributed by atoms with Crippen LogP contribution in [0.5, 0.6) is 0 Å². The normalized spacial score (nSPS) is 19.3. The Labute approximate surface area is 256 Å². The van der Waals surface area contributed by atoms with E-state index in [9.17, 15) is 31.1 Å². The summed E-state index contributed by atoms with van der Waals surface area (Å²) >= 11 is 0. The van der Waals surface area contributed by atoms with Crippen molar-refractivity contribution < 1.29 is 40.7 Å². The van der Waals surface area contributed by atoms with Crippen LogP contribution in [-0.2, 0) is 28.3 Å². The van der Waals surface area contributed by atoms with Crippen molar-refractivity contribution in [1.82, 2.24) is 19.7 Å². The van der Waals surface area contributed by atoms with E-state index >= 15 is 0 Å². The average Bonchev–Trinajstić information content (AvgIpc) is 3.41. The van der Waals surface area contributed by atoms with Crippen LogP contribution in [-0.4, -0.2) is 103 Å². The Morgan fingerprint density at radius 3 is 2.49 bits per heavy atom. The van der Waals surface area contributed by atoms with Crippen molar-refractivity contribution in [2.75, 3.05) is 65.6 Å². The summed E-state index contributed by atoms with van der Waals surface area (Å²) in [5.74, 6) is -1.09. The molecule has 14 heteroatoms. The highest BCUT2D eigenvalue weighted by atomic mass is 19.4. The second-order valence-electron chi connectivity index (χ2n) is 11.3. The summed E-state index contributed by atoms with van der Waals surface area (Å²) in [4.78, 5) is 27.9. The molecule has 0 aliphatic carbocycles. The Bertz CT molecular complexity index is 1500. The number of aromatic nitrogens is 1. The first-order valence-electron chi connectivity index (χ1n) is 14.7. The van der Waals surface area contributed by atoms with Crippen molar-refractivity contribution in [3.8, 4) is 0 Å². The van der Waals surface area contributed by atoms with Crippen molar-refractivity contribution in [3.05, 3.63) is 70.9 Å².